The van der Waals surface area contributed by atoms with E-state index in [0.717, 1.165) is 42.2 Å². The third-order valence-corrected chi connectivity index (χ3v) is 6.79. The first-order valence-electron chi connectivity index (χ1n) is 9.84. The van der Waals surface area contributed by atoms with E-state index in [1.807, 2.05) is 24.3 Å². The zero-order valence-corrected chi connectivity index (χ0v) is 16.9. The second-order valence-corrected chi connectivity index (χ2v) is 8.78. The lowest BCUT2D eigenvalue weighted by atomic mass is 10.2. The van der Waals surface area contributed by atoms with E-state index in [1.165, 1.54) is 37.4 Å². The highest BCUT2D eigenvalue weighted by molar-refractivity contribution is 7.99. The maximum Gasteiger partial charge on any atom is 0.230 e. The van der Waals surface area contributed by atoms with Gasteiger partial charge in [0.25, 0.3) is 0 Å². The van der Waals surface area contributed by atoms with E-state index in [4.69, 9.17) is 11.6 Å². The van der Waals surface area contributed by atoms with Crippen molar-refractivity contribution in [2.45, 2.75) is 68.6 Å². The molecular formula is C20H25ClN4OS. The normalized spacial score (nSPS) is 18.3. The number of carbonyl (C=O) groups excluding carboxylic acids is 1. The zero-order chi connectivity index (χ0) is 18.6. The monoisotopic (exact) mass is 404 g/mol. The Morgan fingerprint density at radius 1 is 1.11 bits per heavy atom. The smallest absolute Gasteiger partial charge is 0.230 e. The van der Waals surface area contributed by atoms with Crippen molar-refractivity contribution in [1.82, 2.24) is 20.1 Å². The second kappa shape index (κ2) is 8.65. The van der Waals surface area contributed by atoms with Crippen LogP contribution in [-0.2, 0) is 4.79 Å². The molecule has 27 heavy (non-hydrogen) atoms. The van der Waals surface area contributed by atoms with Crippen LogP contribution < -0.4 is 5.32 Å². The molecule has 144 valence electrons. The van der Waals surface area contributed by atoms with Gasteiger partial charge >= 0.3 is 0 Å². The minimum atomic E-state index is 0.0900. The highest BCUT2D eigenvalue weighted by Crippen LogP contribution is 2.38. The number of hydrogen-bond donors (Lipinski definition) is 1. The maximum atomic E-state index is 12.3. The van der Waals surface area contributed by atoms with Gasteiger partial charge in [-0.25, -0.2) is 0 Å². The average Bonchev–Trinajstić information content (AvgIpc) is 3.41. The Bertz CT molecular complexity index is 797. The Morgan fingerprint density at radius 2 is 1.81 bits per heavy atom. The molecule has 1 amide bonds. The summed E-state index contributed by atoms with van der Waals surface area (Å²) in [6, 6.07) is 8.49. The lowest BCUT2D eigenvalue weighted by Gasteiger charge is -2.17. The Morgan fingerprint density at radius 3 is 2.56 bits per heavy atom. The molecule has 1 aromatic heterocycles. The van der Waals surface area contributed by atoms with Crippen molar-refractivity contribution < 1.29 is 4.79 Å². The van der Waals surface area contributed by atoms with Gasteiger partial charge in [0, 0.05) is 17.6 Å². The van der Waals surface area contributed by atoms with Gasteiger partial charge in [0.05, 0.1) is 10.8 Å². The molecule has 0 bridgehead atoms. The number of amides is 1. The number of halogens is 1. The number of nitrogens with one attached hydrogen (secondary N) is 1. The summed E-state index contributed by atoms with van der Waals surface area (Å²) < 4.78 is 2.21. The van der Waals surface area contributed by atoms with E-state index in [-0.39, 0.29) is 5.91 Å². The van der Waals surface area contributed by atoms with Gasteiger partial charge in [0.1, 0.15) is 0 Å². The van der Waals surface area contributed by atoms with Crippen LogP contribution >= 0.6 is 23.4 Å². The van der Waals surface area contributed by atoms with Crippen molar-refractivity contribution in [3.05, 3.63) is 29.3 Å². The Kier molecular flexibility index (Phi) is 6.03. The molecule has 1 heterocycles. The standard InChI is InChI=1S/C20H25ClN4OS/c21-17-12-6-5-11-16(17)19-23-24-20(25(19)15-9-3-4-10-15)27-13-18(26)22-14-7-1-2-8-14/h5-6,11-12,14-15H,1-4,7-10,13H2,(H,22,26). The fourth-order valence-electron chi connectivity index (χ4n) is 4.16. The van der Waals surface area contributed by atoms with E-state index < -0.39 is 0 Å². The van der Waals surface area contributed by atoms with Crippen LogP contribution in [0.15, 0.2) is 29.4 Å². The second-order valence-electron chi connectivity index (χ2n) is 7.43. The quantitative estimate of drug-likeness (QED) is 0.698. The van der Waals surface area contributed by atoms with Gasteiger partial charge < -0.3 is 5.32 Å². The fourth-order valence-corrected chi connectivity index (χ4v) is 5.20. The van der Waals surface area contributed by atoms with Crippen molar-refractivity contribution in [3.8, 4) is 11.4 Å². The van der Waals surface area contributed by atoms with Crippen LogP contribution in [0.1, 0.15) is 57.4 Å². The van der Waals surface area contributed by atoms with Crippen LogP contribution in [0, 0.1) is 0 Å². The number of carbonyl (C=O) groups is 1. The summed E-state index contributed by atoms with van der Waals surface area (Å²) >= 11 is 7.90. The van der Waals surface area contributed by atoms with Gasteiger partial charge in [-0.2, -0.15) is 0 Å². The summed E-state index contributed by atoms with van der Waals surface area (Å²) in [6.07, 6.45) is 9.32. The van der Waals surface area contributed by atoms with E-state index in [9.17, 15) is 4.79 Å². The van der Waals surface area contributed by atoms with E-state index in [1.54, 1.807) is 0 Å². The van der Waals surface area contributed by atoms with Crippen molar-refractivity contribution in [2.75, 3.05) is 5.75 Å². The lowest BCUT2D eigenvalue weighted by Crippen LogP contribution is -2.33. The molecule has 0 saturated heterocycles. The zero-order valence-electron chi connectivity index (χ0n) is 15.4. The number of benzene rings is 1. The molecule has 5 nitrogen and oxygen atoms in total. The average molecular weight is 405 g/mol. The van der Waals surface area contributed by atoms with Gasteiger partial charge in [0.15, 0.2) is 11.0 Å². The van der Waals surface area contributed by atoms with Gasteiger partial charge in [-0.3, -0.25) is 9.36 Å². The molecule has 0 unspecified atom stereocenters. The number of thioether (sulfide) groups is 1. The minimum absolute atomic E-state index is 0.0900. The van der Waals surface area contributed by atoms with Crippen LogP contribution in [0.25, 0.3) is 11.4 Å². The number of nitrogens with zero attached hydrogens (tertiary/aromatic N) is 3. The van der Waals surface area contributed by atoms with Crippen molar-refractivity contribution in [2.24, 2.45) is 0 Å². The first-order valence-corrected chi connectivity index (χ1v) is 11.2. The number of rotatable bonds is 6. The summed E-state index contributed by atoms with van der Waals surface area (Å²) in [7, 11) is 0. The van der Waals surface area contributed by atoms with Crippen LogP contribution in [0.4, 0.5) is 0 Å². The van der Waals surface area contributed by atoms with Crippen molar-refractivity contribution >= 4 is 29.3 Å². The molecule has 0 aliphatic heterocycles. The molecule has 0 atom stereocenters. The lowest BCUT2D eigenvalue weighted by molar-refractivity contribution is -0.119. The first kappa shape index (κ1) is 18.8. The Hall–Kier alpha value is -1.53. The van der Waals surface area contributed by atoms with E-state index in [2.05, 4.69) is 20.1 Å². The van der Waals surface area contributed by atoms with E-state index in [0.29, 0.717) is 22.9 Å². The summed E-state index contributed by atoms with van der Waals surface area (Å²) in [5, 5.41) is 13.5. The van der Waals surface area contributed by atoms with Crippen LogP contribution in [0.3, 0.4) is 0 Å². The topological polar surface area (TPSA) is 59.8 Å². The number of hydrogen-bond acceptors (Lipinski definition) is 4. The molecule has 7 heteroatoms. The molecule has 2 fully saturated rings. The number of aromatic nitrogens is 3. The largest absolute Gasteiger partial charge is 0.353 e. The Balaban J connectivity index is 1.53. The molecule has 4 rings (SSSR count). The molecular weight excluding hydrogens is 380 g/mol. The predicted octanol–water partition coefficient (Wildman–Crippen LogP) is 4.86. The van der Waals surface area contributed by atoms with E-state index >= 15 is 0 Å². The Labute approximate surface area is 169 Å². The minimum Gasteiger partial charge on any atom is -0.353 e. The molecule has 2 aliphatic carbocycles. The summed E-state index contributed by atoms with van der Waals surface area (Å²) in [5.74, 6) is 1.28. The SMILES string of the molecule is O=C(CSc1nnc(-c2ccccc2Cl)n1C1CCCC1)NC1CCCC1. The summed E-state index contributed by atoms with van der Waals surface area (Å²) in [4.78, 5) is 12.3. The molecule has 2 saturated carbocycles. The van der Waals surface area contributed by atoms with Crippen molar-refractivity contribution in [3.63, 3.8) is 0 Å². The summed E-state index contributed by atoms with van der Waals surface area (Å²) in [6.45, 7) is 0. The molecule has 0 spiro atoms. The third kappa shape index (κ3) is 4.32. The van der Waals surface area contributed by atoms with Gasteiger partial charge in [-0.1, -0.05) is 61.2 Å². The molecule has 1 N–H and O–H groups in total. The van der Waals surface area contributed by atoms with Gasteiger partial charge in [0.2, 0.25) is 5.91 Å². The van der Waals surface area contributed by atoms with Crippen LogP contribution in [-0.4, -0.2) is 32.5 Å². The van der Waals surface area contributed by atoms with Crippen LogP contribution in [0.5, 0.6) is 0 Å². The molecule has 1 aromatic carbocycles. The maximum absolute atomic E-state index is 12.3. The predicted molar refractivity (Wildman–Crippen MR) is 109 cm³/mol. The van der Waals surface area contributed by atoms with Gasteiger partial charge in [-0.15, -0.1) is 10.2 Å². The highest BCUT2D eigenvalue weighted by atomic mass is 35.5. The molecule has 2 aromatic rings. The third-order valence-electron chi connectivity index (χ3n) is 5.52. The van der Waals surface area contributed by atoms with Gasteiger partial charge in [-0.05, 0) is 37.8 Å². The van der Waals surface area contributed by atoms with Crippen molar-refractivity contribution in [1.29, 1.82) is 0 Å². The fraction of sp³-hybridized carbons (Fsp3) is 0.550. The molecule has 2 aliphatic rings. The summed E-state index contributed by atoms with van der Waals surface area (Å²) in [5.41, 5.74) is 0.904. The highest BCUT2D eigenvalue weighted by Gasteiger charge is 2.26. The van der Waals surface area contributed by atoms with Crippen LogP contribution in [0.2, 0.25) is 5.02 Å². The molecule has 0 radical (unpaired) electrons. The first-order chi connectivity index (χ1) is 13.2.